The Labute approximate surface area is 95.0 Å². The molecule has 1 saturated carbocycles. The number of nitrogens with zero attached hydrogens (tertiary/aromatic N) is 1. The summed E-state index contributed by atoms with van der Waals surface area (Å²) in [5.41, 5.74) is 1.34. The summed E-state index contributed by atoms with van der Waals surface area (Å²) in [5, 5.41) is 0. The molecular weight excluding hydrogens is 262 g/mol. The van der Waals surface area contributed by atoms with Gasteiger partial charge in [0.2, 0.25) is 5.91 Å². The standard InChI is InChI=1S/C10H10BrNOS/c11-9-3-6-5-12(7-1-2-7)10(13)4-8(6)14-9/h3,7H,1-2,4-5H2. The van der Waals surface area contributed by atoms with Crippen LogP contribution in [0.4, 0.5) is 0 Å². The van der Waals surface area contributed by atoms with Crippen molar-refractivity contribution in [3.63, 3.8) is 0 Å². The molecule has 0 bridgehead atoms. The van der Waals surface area contributed by atoms with Gasteiger partial charge in [0.15, 0.2) is 0 Å². The summed E-state index contributed by atoms with van der Waals surface area (Å²) in [4.78, 5) is 15.1. The molecule has 0 N–H and O–H groups in total. The molecule has 1 fully saturated rings. The number of halogens is 1. The van der Waals surface area contributed by atoms with Gasteiger partial charge in [0, 0.05) is 17.5 Å². The maximum atomic E-state index is 11.8. The van der Waals surface area contributed by atoms with Gasteiger partial charge in [-0.15, -0.1) is 11.3 Å². The molecule has 1 aromatic heterocycles. The van der Waals surface area contributed by atoms with Crippen molar-refractivity contribution in [1.29, 1.82) is 0 Å². The number of carbonyl (C=O) groups is 1. The number of fused-ring (bicyclic) bond motifs is 1. The molecule has 0 unspecified atom stereocenters. The molecule has 1 aliphatic heterocycles. The van der Waals surface area contributed by atoms with Gasteiger partial charge in [-0.25, -0.2) is 0 Å². The molecule has 0 aromatic carbocycles. The van der Waals surface area contributed by atoms with Gasteiger partial charge >= 0.3 is 0 Å². The van der Waals surface area contributed by atoms with E-state index in [4.69, 9.17) is 0 Å². The highest BCUT2D eigenvalue weighted by Gasteiger charge is 2.35. The van der Waals surface area contributed by atoms with Gasteiger partial charge in [-0.05, 0) is 40.4 Å². The molecule has 0 radical (unpaired) electrons. The maximum Gasteiger partial charge on any atom is 0.228 e. The summed E-state index contributed by atoms with van der Waals surface area (Å²) >= 11 is 5.17. The van der Waals surface area contributed by atoms with E-state index in [9.17, 15) is 4.79 Å². The van der Waals surface area contributed by atoms with Crippen LogP contribution in [0.25, 0.3) is 0 Å². The van der Waals surface area contributed by atoms with Crippen LogP contribution in [0.2, 0.25) is 0 Å². The largest absolute Gasteiger partial charge is 0.335 e. The fourth-order valence-corrected chi connectivity index (χ4v) is 3.69. The van der Waals surface area contributed by atoms with Gasteiger partial charge in [0.1, 0.15) is 0 Å². The first-order chi connectivity index (χ1) is 6.74. The van der Waals surface area contributed by atoms with Crippen LogP contribution in [0.15, 0.2) is 9.85 Å². The molecule has 0 atom stereocenters. The van der Waals surface area contributed by atoms with E-state index >= 15 is 0 Å². The second-order valence-electron chi connectivity index (χ2n) is 3.93. The highest BCUT2D eigenvalue weighted by molar-refractivity contribution is 9.11. The van der Waals surface area contributed by atoms with E-state index in [0.717, 1.165) is 10.3 Å². The van der Waals surface area contributed by atoms with Gasteiger partial charge in [-0.1, -0.05) is 0 Å². The molecule has 3 rings (SSSR count). The minimum atomic E-state index is 0.314. The molecule has 1 aromatic rings. The van der Waals surface area contributed by atoms with Crippen molar-refractivity contribution in [2.45, 2.75) is 31.8 Å². The number of hydrogen-bond acceptors (Lipinski definition) is 2. The van der Waals surface area contributed by atoms with Crippen LogP contribution in [0, 0.1) is 0 Å². The van der Waals surface area contributed by atoms with Gasteiger partial charge in [0.05, 0.1) is 10.2 Å². The van der Waals surface area contributed by atoms with Crippen molar-refractivity contribution >= 4 is 33.2 Å². The highest BCUT2D eigenvalue weighted by Crippen LogP contribution is 2.36. The zero-order valence-electron chi connectivity index (χ0n) is 7.62. The molecule has 1 aliphatic carbocycles. The number of thiophene rings is 1. The smallest absolute Gasteiger partial charge is 0.228 e. The quantitative estimate of drug-likeness (QED) is 0.769. The lowest BCUT2D eigenvalue weighted by atomic mass is 10.1. The van der Waals surface area contributed by atoms with Crippen molar-refractivity contribution in [3.8, 4) is 0 Å². The van der Waals surface area contributed by atoms with Crippen molar-refractivity contribution in [1.82, 2.24) is 4.90 Å². The predicted molar refractivity (Wildman–Crippen MR) is 59.3 cm³/mol. The summed E-state index contributed by atoms with van der Waals surface area (Å²) in [7, 11) is 0. The highest BCUT2D eigenvalue weighted by atomic mass is 79.9. The summed E-state index contributed by atoms with van der Waals surface area (Å²) < 4.78 is 1.15. The van der Waals surface area contributed by atoms with Crippen LogP contribution in [-0.2, 0) is 17.8 Å². The lowest BCUT2D eigenvalue weighted by molar-refractivity contribution is -0.132. The monoisotopic (exact) mass is 271 g/mol. The van der Waals surface area contributed by atoms with E-state index in [1.807, 2.05) is 4.90 Å². The van der Waals surface area contributed by atoms with Crippen molar-refractivity contribution in [2.75, 3.05) is 0 Å². The Balaban J connectivity index is 1.93. The molecule has 2 nitrogen and oxygen atoms in total. The lowest BCUT2D eigenvalue weighted by Crippen LogP contribution is -2.36. The topological polar surface area (TPSA) is 20.3 Å². The van der Waals surface area contributed by atoms with Crippen LogP contribution in [-0.4, -0.2) is 16.8 Å². The summed E-state index contributed by atoms with van der Waals surface area (Å²) in [6.45, 7) is 0.834. The maximum absolute atomic E-state index is 11.8. The first kappa shape index (κ1) is 8.92. The first-order valence-electron chi connectivity index (χ1n) is 4.80. The zero-order valence-corrected chi connectivity index (χ0v) is 10.0. The first-order valence-corrected chi connectivity index (χ1v) is 6.41. The van der Waals surface area contributed by atoms with Crippen molar-refractivity contribution < 1.29 is 4.79 Å². The van der Waals surface area contributed by atoms with Crippen LogP contribution in [0.3, 0.4) is 0 Å². The third-order valence-corrected chi connectivity index (χ3v) is 4.51. The van der Waals surface area contributed by atoms with E-state index in [1.165, 1.54) is 23.3 Å². The van der Waals surface area contributed by atoms with Gasteiger partial charge in [-0.3, -0.25) is 4.79 Å². The molecule has 0 saturated heterocycles. The number of carbonyl (C=O) groups excluding carboxylic acids is 1. The van der Waals surface area contributed by atoms with E-state index in [2.05, 4.69) is 22.0 Å². The predicted octanol–water partition coefficient (Wildman–Crippen LogP) is 2.56. The average molecular weight is 272 g/mol. The Hall–Kier alpha value is -0.350. The molecule has 2 heterocycles. The second kappa shape index (κ2) is 3.07. The van der Waals surface area contributed by atoms with Gasteiger partial charge in [-0.2, -0.15) is 0 Å². The van der Waals surface area contributed by atoms with Crippen LogP contribution in [0.1, 0.15) is 23.3 Å². The fourth-order valence-electron chi connectivity index (χ4n) is 1.94. The molecule has 2 aliphatic rings. The zero-order chi connectivity index (χ0) is 9.71. The fraction of sp³-hybridized carbons (Fsp3) is 0.500. The summed E-state index contributed by atoms with van der Waals surface area (Å²) in [6, 6.07) is 2.70. The Bertz CT molecular complexity index is 397. The van der Waals surface area contributed by atoms with Crippen LogP contribution < -0.4 is 0 Å². The van der Waals surface area contributed by atoms with Gasteiger partial charge in [0.25, 0.3) is 0 Å². The minimum Gasteiger partial charge on any atom is -0.335 e. The molecule has 14 heavy (non-hydrogen) atoms. The van der Waals surface area contributed by atoms with E-state index in [0.29, 0.717) is 18.4 Å². The number of amides is 1. The minimum absolute atomic E-state index is 0.314. The molecule has 0 spiro atoms. The Morgan fingerprint density at radius 3 is 3.00 bits per heavy atom. The molecule has 4 heteroatoms. The Morgan fingerprint density at radius 1 is 1.50 bits per heavy atom. The number of rotatable bonds is 1. The van der Waals surface area contributed by atoms with E-state index in [-0.39, 0.29) is 0 Å². The van der Waals surface area contributed by atoms with Crippen LogP contribution in [0.5, 0.6) is 0 Å². The lowest BCUT2D eigenvalue weighted by Gasteiger charge is -2.26. The van der Waals surface area contributed by atoms with Gasteiger partial charge < -0.3 is 4.90 Å². The van der Waals surface area contributed by atoms with E-state index < -0.39 is 0 Å². The third-order valence-electron chi connectivity index (χ3n) is 2.83. The van der Waals surface area contributed by atoms with Crippen molar-refractivity contribution in [2.24, 2.45) is 0 Å². The Kier molecular flexibility index (Phi) is 1.96. The normalized spacial score (nSPS) is 21.2. The molecule has 74 valence electrons. The Morgan fingerprint density at radius 2 is 2.29 bits per heavy atom. The molecule has 1 amide bonds. The van der Waals surface area contributed by atoms with E-state index in [1.54, 1.807) is 11.3 Å². The SMILES string of the molecule is O=C1Cc2sc(Br)cc2CN1C1CC1. The summed E-state index contributed by atoms with van der Waals surface area (Å²) in [5.74, 6) is 0.314. The molecular formula is C10H10BrNOS. The van der Waals surface area contributed by atoms with Crippen LogP contribution >= 0.6 is 27.3 Å². The third kappa shape index (κ3) is 1.41. The average Bonchev–Trinajstić information content (AvgIpc) is 2.88. The summed E-state index contributed by atoms with van der Waals surface area (Å²) in [6.07, 6.45) is 3.01. The number of hydrogen-bond donors (Lipinski definition) is 0. The second-order valence-corrected chi connectivity index (χ2v) is 6.44. The van der Waals surface area contributed by atoms with Crippen molar-refractivity contribution in [3.05, 3.63) is 20.3 Å².